The molecule has 0 aliphatic rings. The van der Waals surface area contributed by atoms with E-state index in [0.29, 0.717) is 6.42 Å². The Morgan fingerprint density at radius 3 is 2.50 bits per heavy atom. The van der Waals surface area contributed by atoms with Crippen LogP contribution in [-0.2, 0) is 0 Å². The fourth-order valence-electron chi connectivity index (χ4n) is 0.560. The molecule has 0 saturated carbocycles. The van der Waals surface area contributed by atoms with Crippen molar-refractivity contribution in [3.05, 3.63) is 12.7 Å². The molecule has 0 fully saturated rings. The van der Waals surface area contributed by atoms with Gasteiger partial charge in [-0.2, -0.15) is 0 Å². The van der Waals surface area contributed by atoms with Gasteiger partial charge in [-0.1, -0.05) is 12.5 Å². The van der Waals surface area contributed by atoms with Gasteiger partial charge in [-0.05, 0) is 19.3 Å². The molecule has 0 aromatic heterocycles. The van der Waals surface area contributed by atoms with Gasteiger partial charge in [0.2, 0.25) is 0 Å². The Morgan fingerprint density at radius 1 is 1.25 bits per heavy atom. The van der Waals surface area contributed by atoms with Crippen molar-refractivity contribution in [3.8, 4) is 0 Å². The summed E-state index contributed by atoms with van der Waals surface area (Å²) in [7, 11) is 0. The fraction of sp³-hybridized carbons (Fsp3) is 0.714. The van der Waals surface area contributed by atoms with E-state index in [4.69, 9.17) is 0 Å². The second-order valence-corrected chi connectivity index (χ2v) is 1.83. The zero-order valence-electron chi connectivity index (χ0n) is 5.20. The summed E-state index contributed by atoms with van der Waals surface area (Å²) in [5.41, 5.74) is 0. The van der Waals surface area contributed by atoms with Gasteiger partial charge < -0.3 is 0 Å². The van der Waals surface area contributed by atoms with E-state index in [1.54, 1.807) is 0 Å². The standard InChI is InChI=1S/C7H13F/c1-2-3-4-5-6-7-8/h2H,1,3-7H2. The van der Waals surface area contributed by atoms with Gasteiger partial charge in [-0.25, -0.2) is 0 Å². The predicted molar refractivity (Wildman–Crippen MR) is 34.6 cm³/mol. The lowest BCUT2D eigenvalue weighted by molar-refractivity contribution is 0.457. The van der Waals surface area contributed by atoms with Crippen molar-refractivity contribution in [2.75, 3.05) is 6.67 Å². The van der Waals surface area contributed by atoms with Gasteiger partial charge in [-0.3, -0.25) is 4.39 Å². The summed E-state index contributed by atoms with van der Waals surface area (Å²) in [5, 5.41) is 0. The van der Waals surface area contributed by atoms with E-state index in [9.17, 15) is 4.39 Å². The number of hydrogen-bond acceptors (Lipinski definition) is 0. The van der Waals surface area contributed by atoms with Crippen molar-refractivity contribution in [1.29, 1.82) is 0 Å². The lowest BCUT2D eigenvalue weighted by atomic mass is 10.2. The van der Waals surface area contributed by atoms with Gasteiger partial charge in [0.05, 0.1) is 6.67 Å². The minimum absolute atomic E-state index is 0.170. The number of halogens is 1. The molecule has 0 N–H and O–H groups in total. The molecule has 0 unspecified atom stereocenters. The fourth-order valence-corrected chi connectivity index (χ4v) is 0.560. The Morgan fingerprint density at radius 2 is 2.00 bits per heavy atom. The van der Waals surface area contributed by atoms with E-state index >= 15 is 0 Å². The minimum atomic E-state index is -0.170. The van der Waals surface area contributed by atoms with E-state index < -0.39 is 0 Å². The molecule has 0 aromatic carbocycles. The van der Waals surface area contributed by atoms with Gasteiger partial charge in [0.1, 0.15) is 0 Å². The zero-order valence-corrected chi connectivity index (χ0v) is 5.20. The third kappa shape index (κ3) is 5.67. The van der Waals surface area contributed by atoms with E-state index in [2.05, 4.69) is 6.58 Å². The maximum Gasteiger partial charge on any atom is 0.0894 e. The molecule has 48 valence electrons. The van der Waals surface area contributed by atoms with Crippen LogP contribution in [0.3, 0.4) is 0 Å². The topological polar surface area (TPSA) is 0 Å². The first-order valence-corrected chi connectivity index (χ1v) is 3.08. The van der Waals surface area contributed by atoms with Gasteiger partial charge in [0.15, 0.2) is 0 Å². The summed E-state index contributed by atoms with van der Waals surface area (Å²) in [5.74, 6) is 0. The lowest BCUT2D eigenvalue weighted by Crippen LogP contribution is -1.76. The molecular formula is C7H13F. The van der Waals surface area contributed by atoms with Crippen molar-refractivity contribution in [3.63, 3.8) is 0 Å². The summed E-state index contributed by atoms with van der Waals surface area (Å²) in [6.45, 7) is 3.40. The Bertz CT molecular complexity index is 50.3. The van der Waals surface area contributed by atoms with Crippen molar-refractivity contribution < 1.29 is 4.39 Å². The van der Waals surface area contributed by atoms with Crippen LogP contribution in [0, 0.1) is 0 Å². The quantitative estimate of drug-likeness (QED) is 0.382. The van der Waals surface area contributed by atoms with Gasteiger partial charge in [0.25, 0.3) is 0 Å². The molecule has 0 atom stereocenters. The van der Waals surface area contributed by atoms with E-state index in [1.165, 1.54) is 0 Å². The number of hydrogen-bond donors (Lipinski definition) is 0. The number of unbranched alkanes of at least 4 members (excludes halogenated alkanes) is 3. The van der Waals surface area contributed by atoms with Gasteiger partial charge in [-0.15, -0.1) is 6.58 Å². The smallest absolute Gasteiger partial charge is 0.0894 e. The first-order valence-electron chi connectivity index (χ1n) is 3.08. The molecular weight excluding hydrogens is 103 g/mol. The third-order valence-electron chi connectivity index (χ3n) is 1.04. The molecule has 0 aliphatic carbocycles. The molecule has 0 nitrogen and oxygen atoms in total. The Hall–Kier alpha value is -0.330. The van der Waals surface area contributed by atoms with Crippen LogP contribution < -0.4 is 0 Å². The first-order chi connectivity index (χ1) is 3.91. The van der Waals surface area contributed by atoms with E-state index in [1.807, 2.05) is 6.08 Å². The molecule has 8 heavy (non-hydrogen) atoms. The summed E-state index contributed by atoms with van der Waals surface area (Å²) >= 11 is 0. The third-order valence-corrected chi connectivity index (χ3v) is 1.04. The molecule has 0 amide bonds. The summed E-state index contributed by atoms with van der Waals surface area (Å²) in [6.07, 6.45) is 5.71. The number of alkyl halides is 1. The van der Waals surface area contributed by atoms with Crippen LogP contribution in [0.1, 0.15) is 25.7 Å². The van der Waals surface area contributed by atoms with Crippen LogP contribution in [0.4, 0.5) is 4.39 Å². The zero-order chi connectivity index (χ0) is 6.24. The normalized spacial score (nSPS) is 9.12. The van der Waals surface area contributed by atoms with Crippen LogP contribution in [0.2, 0.25) is 0 Å². The maximum atomic E-state index is 11.4. The van der Waals surface area contributed by atoms with Crippen molar-refractivity contribution in [2.24, 2.45) is 0 Å². The van der Waals surface area contributed by atoms with Crippen LogP contribution in [0.25, 0.3) is 0 Å². The predicted octanol–water partition coefficient (Wildman–Crippen LogP) is 2.70. The number of allylic oxidation sites excluding steroid dienone is 1. The van der Waals surface area contributed by atoms with Crippen LogP contribution in [0.5, 0.6) is 0 Å². The molecule has 0 bridgehead atoms. The minimum Gasteiger partial charge on any atom is -0.251 e. The molecule has 0 saturated heterocycles. The van der Waals surface area contributed by atoms with Gasteiger partial charge >= 0.3 is 0 Å². The molecule has 0 aliphatic heterocycles. The summed E-state index contributed by atoms with van der Waals surface area (Å²) < 4.78 is 11.4. The highest BCUT2D eigenvalue weighted by atomic mass is 19.1. The van der Waals surface area contributed by atoms with Crippen molar-refractivity contribution >= 4 is 0 Å². The largest absolute Gasteiger partial charge is 0.251 e. The lowest BCUT2D eigenvalue weighted by Gasteiger charge is -1.90. The van der Waals surface area contributed by atoms with Crippen LogP contribution in [-0.4, -0.2) is 6.67 Å². The second-order valence-electron chi connectivity index (χ2n) is 1.83. The first kappa shape index (κ1) is 7.67. The highest BCUT2D eigenvalue weighted by Crippen LogP contribution is 1.99. The highest BCUT2D eigenvalue weighted by molar-refractivity contribution is 4.65. The monoisotopic (exact) mass is 116 g/mol. The molecule has 0 heterocycles. The second kappa shape index (κ2) is 6.67. The van der Waals surface area contributed by atoms with E-state index in [-0.39, 0.29) is 6.67 Å². The van der Waals surface area contributed by atoms with Gasteiger partial charge in [0, 0.05) is 0 Å². The molecule has 0 radical (unpaired) electrons. The molecule has 1 heteroatoms. The van der Waals surface area contributed by atoms with Crippen molar-refractivity contribution in [2.45, 2.75) is 25.7 Å². The average molecular weight is 116 g/mol. The van der Waals surface area contributed by atoms with Crippen molar-refractivity contribution in [1.82, 2.24) is 0 Å². The Balaban J connectivity index is 2.62. The van der Waals surface area contributed by atoms with E-state index in [0.717, 1.165) is 19.3 Å². The SMILES string of the molecule is C=CCCCCCF. The summed E-state index contributed by atoms with van der Waals surface area (Å²) in [6, 6.07) is 0. The molecule has 0 rings (SSSR count). The Kier molecular flexibility index (Phi) is 6.39. The summed E-state index contributed by atoms with van der Waals surface area (Å²) in [4.78, 5) is 0. The molecule has 0 aromatic rings. The average Bonchev–Trinajstić information content (AvgIpc) is 1.81. The molecule has 0 spiro atoms. The van der Waals surface area contributed by atoms with Crippen LogP contribution in [0.15, 0.2) is 12.7 Å². The van der Waals surface area contributed by atoms with Crippen LogP contribution >= 0.6 is 0 Å². The Labute approximate surface area is 50.4 Å². The number of rotatable bonds is 5. The maximum absolute atomic E-state index is 11.4. The highest BCUT2D eigenvalue weighted by Gasteiger charge is 1.83.